The van der Waals surface area contributed by atoms with E-state index < -0.39 is 0 Å². The molecule has 3 aromatic heterocycles. The summed E-state index contributed by atoms with van der Waals surface area (Å²) in [5.41, 5.74) is 9.82. The maximum atomic E-state index is 14.7. The molecule has 0 aliphatic carbocycles. The highest BCUT2D eigenvalue weighted by Crippen LogP contribution is 2.36. The highest BCUT2D eigenvalue weighted by Gasteiger charge is 2.36. The van der Waals surface area contributed by atoms with Crippen LogP contribution in [-0.4, -0.2) is 67.9 Å². The first-order chi connectivity index (χ1) is 24.0. The van der Waals surface area contributed by atoms with E-state index in [0.717, 1.165) is 78.0 Å². The molecular weight excluding hydrogens is 614 g/mol. The Balaban J connectivity index is 1.12. The van der Waals surface area contributed by atoms with E-state index in [0.29, 0.717) is 35.6 Å². The maximum absolute atomic E-state index is 14.7. The number of hydrogen-bond donors (Lipinski definition) is 2. The molecule has 5 heterocycles. The maximum Gasteiger partial charge on any atom is 0.326 e. The van der Waals surface area contributed by atoms with Crippen LogP contribution < -0.4 is 20.7 Å². The number of anilines is 2. The van der Waals surface area contributed by atoms with Gasteiger partial charge in [0.1, 0.15) is 35.2 Å². The number of fused-ring (bicyclic) bond motifs is 2. The molecule has 8 rings (SSSR count). The van der Waals surface area contributed by atoms with E-state index in [1.165, 1.54) is 6.33 Å². The fourth-order valence-electron chi connectivity index (χ4n) is 7.28. The van der Waals surface area contributed by atoms with Gasteiger partial charge in [-0.15, -0.1) is 0 Å². The normalized spacial score (nSPS) is 18.1. The fraction of sp³-hybridized carbons (Fsp3) is 0.289. The van der Waals surface area contributed by atoms with Gasteiger partial charge in [0.2, 0.25) is 0 Å². The molecule has 49 heavy (non-hydrogen) atoms. The number of likely N-dealkylation sites (tertiary alicyclic amines) is 1. The first-order valence-corrected chi connectivity index (χ1v) is 17.0. The molecule has 2 amide bonds. The van der Waals surface area contributed by atoms with Gasteiger partial charge in [-0.2, -0.15) is 5.10 Å². The number of nitrogens with two attached hydrogens (primary N) is 1. The topological polar surface area (TPSA) is 127 Å². The Kier molecular flexibility index (Phi) is 8.26. The monoisotopic (exact) mass is 653 g/mol. The predicted octanol–water partition coefficient (Wildman–Crippen LogP) is 6.74. The lowest BCUT2D eigenvalue weighted by Crippen LogP contribution is -2.55. The number of nitrogen functional groups attached to an aromatic ring is 1. The number of benzene rings is 3. The van der Waals surface area contributed by atoms with Crippen molar-refractivity contribution in [2.75, 3.05) is 36.8 Å². The van der Waals surface area contributed by atoms with Crippen molar-refractivity contribution in [2.24, 2.45) is 0 Å². The third-order valence-corrected chi connectivity index (χ3v) is 9.69. The van der Waals surface area contributed by atoms with Crippen LogP contribution in [0.15, 0.2) is 91.4 Å². The molecule has 0 unspecified atom stereocenters. The number of rotatable bonds is 6. The second kappa shape index (κ2) is 13.2. The van der Waals surface area contributed by atoms with Crippen molar-refractivity contribution in [3.8, 4) is 22.8 Å². The fourth-order valence-corrected chi connectivity index (χ4v) is 7.28. The third kappa shape index (κ3) is 5.91. The molecule has 248 valence electrons. The Morgan fingerprint density at radius 2 is 1.76 bits per heavy atom. The minimum Gasteiger partial charge on any atom is -0.457 e. The molecule has 2 aliphatic heterocycles. The summed E-state index contributed by atoms with van der Waals surface area (Å²) in [5.74, 6) is 2.58. The van der Waals surface area contributed by atoms with E-state index in [1.54, 1.807) is 0 Å². The summed E-state index contributed by atoms with van der Waals surface area (Å²) in [6, 6.07) is 25.6. The number of aromatic nitrogens is 5. The average molecular weight is 654 g/mol. The van der Waals surface area contributed by atoms with Crippen LogP contribution in [0.2, 0.25) is 0 Å². The predicted molar refractivity (Wildman–Crippen MR) is 192 cm³/mol. The van der Waals surface area contributed by atoms with Crippen LogP contribution in [0.4, 0.5) is 16.4 Å². The number of aryl methyl sites for hydroxylation is 1. The Bertz CT molecular complexity index is 2100. The van der Waals surface area contributed by atoms with Crippen LogP contribution in [0.25, 0.3) is 33.1 Å². The van der Waals surface area contributed by atoms with Crippen molar-refractivity contribution in [3.05, 3.63) is 97.0 Å². The number of piperidine rings is 2. The van der Waals surface area contributed by atoms with E-state index in [1.807, 2.05) is 81.3 Å². The molecule has 2 aliphatic rings. The van der Waals surface area contributed by atoms with E-state index in [4.69, 9.17) is 20.6 Å². The second-order valence-corrected chi connectivity index (χ2v) is 12.9. The Morgan fingerprint density at radius 1 is 0.918 bits per heavy atom. The highest BCUT2D eigenvalue weighted by atomic mass is 16.5. The number of nitrogens with zero attached hydrogens (tertiary/aromatic N) is 7. The summed E-state index contributed by atoms with van der Waals surface area (Å²) >= 11 is 0. The largest absolute Gasteiger partial charge is 0.457 e. The van der Waals surface area contributed by atoms with Crippen molar-refractivity contribution in [1.29, 1.82) is 0 Å². The van der Waals surface area contributed by atoms with E-state index in [-0.39, 0.29) is 18.1 Å². The van der Waals surface area contributed by atoms with Crippen LogP contribution in [0.1, 0.15) is 37.3 Å². The van der Waals surface area contributed by atoms with Crippen LogP contribution in [0.3, 0.4) is 0 Å². The zero-order chi connectivity index (χ0) is 33.3. The Hall–Kier alpha value is -5.55. The van der Waals surface area contributed by atoms with E-state index >= 15 is 0 Å². The number of amides is 2. The van der Waals surface area contributed by atoms with E-state index in [9.17, 15) is 4.79 Å². The molecule has 0 radical (unpaired) electrons. The van der Waals surface area contributed by atoms with Gasteiger partial charge in [-0.1, -0.05) is 36.4 Å². The SMILES string of the molecule is Cc1cccc2ccnc(N(C(=O)N3CCC[C@@H](n4nc(-c5ccc(Oc6ccccc6)cc5)c5c(N)ncnc54)C3)[C@@H]3CCCNC3)c12. The standard InChI is InChI=1S/C38H39N9O2/c1-25-8-5-9-26-18-20-41-36(32(25)26)46(28-10-6-19-40-22-28)38(48)45-21-7-11-29(23-45)47-37-33(35(39)42-24-43-37)34(44-47)27-14-16-31(17-15-27)49-30-12-3-2-4-13-30/h2-5,8-9,12-18,20,24,28-29,40H,6-7,10-11,19,21-23H2,1H3,(H2,39,42,43)/t28-,29-/m1/s1. The van der Waals surface area contributed by atoms with Crippen molar-refractivity contribution >= 4 is 39.5 Å². The van der Waals surface area contributed by atoms with Crippen molar-refractivity contribution < 1.29 is 9.53 Å². The summed E-state index contributed by atoms with van der Waals surface area (Å²) in [6.45, 7) is 4.91. The molecule has 0 bridgehead atoms. The third-order valence-electron chi connectivity index (χ3n) is 9.69. The van der Waals surface area contributed by atoms with Gasteiger partial charge in [0.05, 0.1) is 17.5 Å². The summed E-state index contributed by atoms with van der Waals surface area (Å²) in [4.78, 5) is 32.5. The highest BCUT2D eigenvalue weighted by molar-refractivity contribution is 6.03. The molecule has 0 spiro atoms. The molecule has 11 heteroatoms. The number of pyridine rings is 1. The van der Waals surface area contributed by atoms with Crippen LogP contribution in [0, 0.1) is 6.92 Å². The molecule has 3 N–H and O–H groups in total. The summed E-state index contributed by atoms with van der Waals surface area (Å²) in [5, 5.41) is 11.4. The van der Waals surface area contributed by atoms with Crippen LogP contribution >= 0.6 is 0 Å². The number of carbonyl (C=O) groups excluding carboxylic acids is 1. The number of carbonyl (C=O) groups is 1. The van der Waals surface area contributed by atoms with Gasteiger partial charge in [0, 0.05) is 36.8 Å². The van der Waals surface area contributed by atoms with Gasteiger partial charge < -0.3 is 20.7 Å². The Morgan fingerprint density at radius 3 is 2.57 bits per heavy atom. The first kappa shape index (κ1) is 30.8. The number of ether oxygens (including phenoxy) is 1. The molecule has 6 aromatic rings. The van der Waals surface area contributed by atoms with Gasteiger partial charge in [-0.25, -0.2) is 24.4 Å². The van der Waals surface area contributed by atoms with Crippen molar-refractivity contribution in [2.45, 2.75) is 44.7 Å². The smallest absolute Gasteiger partial charge is 0.326 e. The number of hydrogen-bond acceptors (Lipinski definition) is 8. The number of nitrogens with one attached hydrogen (secondary N) is 1. The quantitative estimate of drug-likeness (QED) is 0.202. The second-order valence-electron chi connectivity index (χ2n) is 12.9. The van der Waals surface area contributed by atoms with Crippen molar-refractivity contribution in [3.63, 3.8) is 0 Å². The molecule has 2 fully saturated rings. The van der Waals surface area contributed by atoms with E-state index in [2.05, 4.69) is 40.4 Å². The number of urea groups is 1. The molecule has 11 nitrogen and oxygen atoms in total. The van der Waals surface area contributed by atoms with Gasteiger partial charge in [0.15, 0.2) is 5.65 Å². The first-order valence-electron chi connectivity index (χ1n) is 17.0. The molecular formula is C38H39N9O2. The lowest BCUT2D eigenvalue weighted by Gasteiger charge is -2.40. The van der Waals surface area contributed by atoms with Gasteiger partial charge >= 0.3 is 6.03 Å². The van der Waals surface area contributed by atoms with Crippen LogP contribution in [-0.2, 0) is 0 Å². The number of para-hydroxylation sites is 1. The lowest BCUT2D eigenvalue weighted by molar-refractivity contribution is 0.167. The van der Waals surface area contributed by atoms with Gasteiger partial charge in [-0.3, -0.25) is 4.90 Å². The molecule has 0 saturated carbocycles. The Labute approximate surface area is 284 Å². The van der Waals surface area contributed by atoms with Gasteiger partial charge in [0.25, 0.3) is 0 Å². The molecule has 3 aromatic carbocycles. The summed E-state index contributed by atoms with van der Waals surface area (Å²) < 4.78 is 7.96. The van der Waals surface area contributed by atoms with Crippen LogP contribution in [0.5, 0.6) is 11.5 Å². The minimum atomic E-state index is -0.0996. The zero-order valence-corrected chi connectivity index (χ0v) is 27.5. The summed E-state index contributed by atoms with van der Waals surface area (Å²) in [7, 11) is 0. The van der Waals surface area contributed by atoms with Crippen molar-refractivity contribution in [1.82, 2.24) is 34.9 Å². The minimum absolute atomic E-state index is 0.00199. The molecule has 2 atom stereocenters. The lowest BCUT2D eigenvalue weighted by atomic mass is 10.0. The van der Waals surface area contributed by atoms with Gasteiger partial charge in [-0.05, 0) is 92.6 Å². The summed E-state index contributed by atoms with van der Waals surface area (Å²) in [6.07, 6.45) is 6.90. The molecule has 2 saturated heterocycles. The zero-order valence-electron chi connectivity index (χ0n) is 27.5. The average Bonchev–Trinajstić information content (AvgIpc) is 3.54.